The molecule has 1 aromatic heterocycles. The molecule has 1 N–H and O–H groups in total. The number of hydrogen-bond donors (Lipinski definition) is 1. The standard InChI is InChI=1S/C15H15N3O6/c1-8(2)13-12(18(21)22)11(17-24-13)14(19)16-10-7-5-4-6-9(10)15(20)23-3/h4-8H,1-3H3,(H,16,19). The highest BCUT2D eigenvalue weighted by Crippen LogP contribution is 2.30. The van der Waals surface area contributed by atoms with Gasteiger partial charge in [0.1, 0.15) is 0 Å². The molecule has 0 aliphatic heterocycles. The molecular formula is C15H15N3O6. The Morgan fingerprint density at radius 3 is 2.58 bits per heavy atom. The Morgan fingerprint density at radius 1 is 1.33 bits per heavy atom. The number of methoxy groups -OCH3 is 1. The molecule has 0 radical (unpaired) electrons. The van der Waals surface area contributed by atoms with Crippen molar-refractivity contribution >= 4 is 23.3 Å². The Bertz CT molecular complexity index is 796. The number of amides is 1. The van der Waals surface area contributed by atoms with Crippen LogP contribution in [0.5, 0.6) is 0 Å². The molecule has 24 heavy (non-hydrogen) atoms. The molecule has 1 aromatic carbocycles. The molecule has 126 valence electrons. The van der Waals surface area contributed by atoms with E-state index in [-0.39, 0.29) is 22.9 Å². The van der Waals surface area contributed by atoms with Crippen molar-refractivity contribution in [1.82, 2.24) is 5.16 Å². The van der Waals surface area contributed by atoms with Crippen molar-refractivity contribution in [3.63, 3.8) is 0 Å². The normalized spacial score (nSPS) is 10.5. The van der Waals surface area contributed by atoms with E-state index in [0.29, 0.717) is 0 Å². The number of benzene rings is 1. The molecule has 2 aromatic rings. The summed E-state index contributed by atoms with van der Waals surface area (Å²) in [5.41, 5.74) is -0.678. The van der Waals surface area contributed by atoms with E-state index in [9.17, 15) is 19.7 Å². The minimum absolute atomic E-state index is 0.00593. The molecule has 0 atom stereocenters. The van der Waals surface area contributed by atoms with Gasteiger partial charge >= 0.3 is 11.7 Å². The average Bonchev–Trinajstić information content (AvgIpc) is 3.00. The summed E-state index contributed by atoms with van der Waals surface area (Å²) in [6.07, 6.45) is 0. The Morgan fingerprint density at radius 2 is 2.00 bits per heavy atom. The maximum absolute atomic E-state index is 12.3. The molecule has 9 heteroatoms. The second-order valence-corrected chi connectivity index (χ2v) is 5.15. The first-order valence-electron chi connectivity index (χ1n) is 6.99. The number of para-hydroxylation sites is 1. The Hall–Kier alpha value is -3.23. The zero-order valence-electron chi connectivity index (χ0n) is 13.2. The third-order valence-corrected chi connectivity index (χ3v) is 3.20. The molecule has 0 saturated heterocycles. The highest BCUT2D eigenvalue weighted by atomic mass is 16.6. The van der Waals surface area contributed by atoms with Crippen LogP contribution in [0.15, 0.2) is 28.8 Å². The van der Waals surface area contributed by atoms with Gasteiger partial charge in [0.05, 0.1) is 23.3 Å². The fourth-order valence-electron chi connectivity index (χ4n) is 2.06. The topological polar surface area (TPSA) is 125 Å². The van der Waals surface area contributed by atoms with Crippen molar-refractivity contribution in [2.45, 2.75) is 19.8 Å². The first kappa shape index (κ1) is 17.1. The molecular weight excluding hydrogens is 318 g/mol. The lowest BCUT2D eigenvalue weighted by Gasteiger charge is -2.08. The van der Waals surface area contributed by atoms with Gasteiger partial charge in [0, 0.05) is 5.92 Å². The smallest absolute Gasteiger partial charge is 0.344 e. The molecule has 0 aliphatic rings. The number of nitro groups is 1. The van der Waals surface area contributed by atoms with Gasteiger partial charge in [-0.25, -0.2) is 4.79 Å². The molecule has 1 heterocycles. The molecule has 0 unspecified atom stereocenters. The average molecular weight is 333 g/mol. The van der Waals surface area contributed by atoms with Gasteiger partial charge in [-0.2, -0.15) is 0 Å². The van der Waals surface area contributed by atoms with Crippen molar-refractivity contribution in [3.05, 3.63) is 51.4 Å². The van der Waals surface area contributed by atoms with Crippen molar-refractivity contribution < 1.29 is 23.8 Å². The Labute approximate surface area is 136 Å². The van der Waals surface area contributed by atoms with Crippen LogP contribution in [-0.4, -0.2) is 29.1 Å². The van der Waals surface area contributed by atoms with E-state index in [2.05, 4.69) is 15.2 Å². The molecule has 0 fully saturated rings. The predicted octanol–water partition coefficient (Wildman–Crippen LogP) is 2.75. The van der Waals surface area contributed by atoms with Crippen LogP contribution >= 0.6 is 0 Å². The third-order valence-electron chi connectivity index (χ3n) is 3.20. The van der Waals surface area contributed by atoms with E-state index in [1.165, 1.54) is 19.2 Å². The van der Waals surface area contributed by atoms with Crippen LogP contribution in [0.3, 0.4) is 0 Å². The van der Waals surface area contributed by atoms with Crippen molar-refractivity contribution in [2.75, 3.05) is 12.4 Å². The van der Waals surface area contributed by atoms with Gasteiger partial charge in [0.2, 0.25) is 11.5 Å². The number of carbonyl (C=O) groups is 2. The number of carbonyl (C=O) groups excluding carboxylic acids is 2. The maximum Gasteiger partial charge on any atom is 0.344 e. The van der Waals surface area contributed by atoms with Gasteiger partial charge in [0.15, 0.2) is 0 Å². The summed E-state index contributed by atoms with van der Waals surface area (Å²) in [7, 11) is 1.21. The van der Waals surface area contributed by atoms with Crippen LogP contribution in [-0.2, 0) is 4.74 Å². The van der Waals surface area contributed by atoms with Crippen LogP contribution in [0.25, 0.3) is 0 Å². The second kappa shape index (κ2) is 6.90. The van der Waals surface area contributed by atoms with Crippen LogP contribution in [0, 0.1) is 10.1 Å². The monoisotopic (exact) mass is 333 g/mol. The van der Waals surface area contributed by atoms with Crippen molar-refractivity contribution in [3.8, 4) is 0 Å². The van der Waals surface area contributed by atoms with E-state index in [0.717, 1.165) is 0 Å². The van der Waals surface area contributed by atoms with Gasteiger partial charge in [-0.05, 0) is 12.1 Å². The largest absolute Gasteiger partial charge is 0.465 e. The van der Waals surface area contributed by atoms with Crippen molar-refractivity contribution in [2.24, 2.45) is 0 Å². The summed E-state index contributed by atoms with van der Waals surface area (Å²) in [4.78, 5) is 34.6. The van der Waals surface area contributed by atoms with Crippen LogP contribution in [0.2, 0.25) is 0 Å². The van der Waals surface area contributed by atoms with Gasteiger partial charge < -0.3 is 14.6 Å². The first-order chi connectivity index (χ1) is 11.4. The molecule has 9 nitrogen and oxygen atoms in total. The third kappa shape index (κ3) is 3.24. The predicted molar refractivity (Wildman–Crippen MR) is 83.0 cm³/mol. The molecule has 2 rings (SSSR count). The minimum atomic E-state index is -0.853. The van der Waals surface area contributed by atoms with Crippen LogP contribution in [0.1, 0.15) is 46.4 Å². The lowest BCUT2D eigenvalue weighted by molar-refractivity contribution is -0.386. The zero-order chi connectivity index (χ0) is 17.9. The quantitative estimate of drug-likeness (QED) is 0.506. The minimum Gasteiger partial charge on any atom is -0.465 e. The van der Waals surface area contributed by atoms with Crippen LogP contribution in [0.4, 0.5) is 11.4 Å². The first-order valence-corrected chi connectivity index (χ1v) is 6.99. The number of aromatic nitrogens is 1. The van der Waals surface area contributed by atoms with Gasteiger partial charge in [0.25, 0.3) is 5.91 Å². The Kier molecular flexibility index (Phi) is 4.93. The molecule has 1 amide bonds. The molecule has 0 spiro atoms. The lowest BCUT2D eigenvalue weighted by atomic mass is 10.1. The number of nitrogens with zero attached hydrogens (tertiary/aromatic N) is 2. The number of rotatable bonds is 5. The van der Waals surface area contributed by atoms with Crippen molar-refractivity contribution in [1.29, 1.82) is 0 Å². The van der Waals surface area contributed by atoms with E-state index in [4.69, 9.17) is 4.52 Å². The number of esters is 1. The zero-order valence-corrected chi connectivity index (χ0v) is 13.2. The second-order valence-electron chi connectivity index (χ2n) is 5.15. The SMILES string of the molecule is COC(=O)c1ccccc1NC(=O)c1noc(C(C)C)c1[N+](=O)[O-]. The Balaban J connectivity index is 2.39. The fourth-order valence-corrected chi connectivity index (χ4v) is 2.06. The highest BCUT2D eigenvalue weighted by Gasteiger charge is 2.33. The molecule has 0 aliphatic carbocycles. The van der Waals surface area contributed by atoms with E-state index in [1.54, 1.807) is 26.0 Å². The number of anilines is 1. The van der Waals surface area contributed by atoms with Gasteiger partial charge in [-0.15, -0.1) is 0 Å². The van der Waals surface area contributed by atoms with E-state index >= 15 is 0 Å². The molecule has 0 saturated carbocycles. The summed E-state index contributed by atoms with van der Waals surface area (Å²) in [6.45, 7) is 3.36. The van der Waals surface area contributed by atoms with Gasteiger partial charge in [-0.1, -0.05) is 31.1 Å². The highest BCUT2D eigenvalue weighted by molar-refractivity contribution is 6.08. The summed E-state index contributed by atoms with van der Waals surface area (Å²) >= 11 is 0. The van der Waals surface area contributed by atoms with Crippen LogP contribution < -0.4 is 5.32 Å². The summed E-state index contributed by atoms with van der Waals surface area (Å²) in [6, 6.07) is 6.12. The van der Waals surface area contributed by atoms with Gasteiger partial charge in [-0.3, -0.25) is 14.9 Å². The number of hydrogen-bond acceptors (Lipinski definition) is 7. The summed E-state index contributed by atoms with van der Waals surface area (Å²) in [5.74, 6) is -1.81. The lowest BCUT2D eigenvalue weighted by Crippen LogP contribution is -2.17. The van der Waals surface area contributed by atoms with E-state index < -0.39 is 28.2 Å². The van der Waals surface area contributed by atoms with E-state index in [1.807, 2.05) is 0 Å². The number of ether oxygens (including phenoxy) is 1. The number of nitrogens with one attached hydrogen (secondary N) is 1. The maximum atomic E-state index is 12.3. The fraction of sp³-hybridized carbons (Fsp3) is 0.267. The molecule has 0 bridgehead atoms. The summed E-state index contributed by atoms with van der Waals surface area (Å²) in [5, 5.41) is 17.2. The summed E-state index contributed by atoms with van der Waals surface area (Å²) < 4.78 is 9.56.